The molecule has 0 saturated heterocycles. The molecule has 0 fully saturated rings. The van der Waals surface area contributed by atoms with E-state index in [0.717, 1.165) is 11.3 Å². The number of ketones is 1. The molecule has 2 rings (SSSR count). The van der Waals surface area contributed by atoms with Crippen LogP contribution in [0.25, 0.3) is 0 Å². The van der Waals surface area contributed by atoms with Crippen molar-refractivity contribution in [2.24, 2.45) is 0 Å². The van der Waals surface area contributed by atoms with Crippen molar-refractivity contribution >= 4 is 5.78 Å². The van der Waals surface area contributed by atoms with Gasteiger partial charge in [0.05, 0.1) is 13.2 Å². The normalized spacial score (nSPS) is 10.2. The Morgan fingerprint density at radius 2 is 1.45 bits per heavy atom. The van der Waals surface area contributed by atoms with Crippen molar-refractivity contribution < 1.29 is 14.3 Å². The van der Waals surface area contributed by atoms with E-state index in [1.807, 2.05) is 60.7 Å². The van der Waals surface area contributed by atoms with Crippen molar-refractivity contribution in [2.45, 2.75) is 6.42 Å². The molecule has 0 atom stereocenters. The fourth-order valence-corrected chi connectivity index (χ4v) is 1.77. The van der Waals surface area contributed by atoms with Crippen LogP contribution in [0.15, 0.2) is 60.7 Å². The molecule has 0 aliphatic rings. The third-order valence-electron chi connectivity index (χ3n) is 2.81. The molecule has 0 unspecified atom stereocenters. The van der Waals surface area contributed by atoms with E-state index < -0.39 is 0 Å². The van der Waals surface area contributed by atoms with Gasteiger partial charge in [0.2, 0.25) is 0 Å². The highest BCUT2D eigenvalue weighted by Crippen LogP contribution is 2.07. The molecule has 3 heteroatoms. The Bertz CT molecular complexity index is 508. The summed E-state index contributed by atoms with van der Waals surface area (Å²) in [5, 5.41) is 0. The van der Waals surface area contributed by atoms with Crippen LogP contribution in [0.3, 0.4) is 0 Å². The fourth-order valence-electron chi connectivity index (χ4n) is 1.77. The van der Waals surface area contributed by atoms with E-state index in [9.17, 15) is 4.79 Å². The van der Waals surface area contributed by atoms with Crippen LogP contribution in [0, 0.1) is 0 Å². The number of benzene rings is 2. The van der Waals surface area contributed by atoms with Gasteiger partial charge >= 0.3 is 0 Å². The average Bonchev–Trinajstić information content (AvgIpc) is 2.52. The highest BCUT2D eigenvalue weighted by atomic mass is 16.5. The zero-order valence-electron chi connectivity index (χ0n) is 11.3. The first-order valence-electron chi connectivity index (χ1n) is 6.70. The Morgan fingerprint density at radius 3 is 2.15 bits per heavy atom. The lowest BCUT2D eigenvalue weighted by Gasteiger charge is -2.06. The number of rotatable bonds is 8. The Morgan fingerprint density at radius 1 is 0.800 bits per heavy atom. The molecule has 20 heavy (non-hydrogen) atoms. The van der Waals surface area contributed by atoms with Gasteiger partial charge in [0.25, 0.3) is 0 Å². The standard InChI is InChI=1S/C17H18O3/c18-17(15-7-3-1-4-8-15)11-12-19-13-14-20-16-9-5-2-6-10-16/h1-10H,11-14H2. The number of hydrogen-bond acceptors (Lipinski definition) is 3. The number of ether oxygens (including phenoxy) is 2. The van der Waals surface area contributed by atoms with E-state index >= 15 is 0 Å². The van der Waals surface area contributed by atoms with Crippen LogP contribution in [0.5, 0.6) is 5.75 Å². The van der Waals surface area contributed by atoms with Crippen LogP contribution >= 0.6 is 0 Å². The smallest absolute Gasteiger partial charge is 0.165 e. The maximum atomic E-state index is 11.8. The van der Waals surface area contributed by atoms with Gasteiger partial charge in [-0.1, -0.05) is 48.5 Å². The number of para-hydroxylation sites is 1. The molecule has 0 radical (unpaired) electrons. The van der Waals surface area contributed by atoms with Gasteiger partial charge in [0.15, 0.2) is 5.78 Å². The Balaban J connectivity index is 1.57. The molecule has 2 aromatic rings. The maximum absolute atomic E-state index is 11.8. The molecule has 0 spiro atoms. The average molecular weight is 270 g/mol. The van der Waals surface area contributed by atoms with E-state index in [1.165, 1.54) is 0 Å². The minimum absolute atomic E-state index is 0.106. The zero-order valence-corrected chi connectivity index (χ0v) is 11.3. The van der Waals surface area contributed by atoms with Crippen LogP contribution < -0.4 is 4.74 Å². The zero-order chi connectivity index (χ0) is 14.0. The van der Waals surface area contributed by atoms with E-state index in [4.69, 9.17) is 9.47 Å². The van der Waals surface area contributed by atoms with Crippen LogP contribution in [-0.4, -0.2) is 25.6 Å². The third-order valence-corrected chi connectivity index (χ3v) is 2.81. The second-order valence-corrected chi connectivity index (χ2v) is 4.31. The topological polar surface area (TPSA) is 35.5 Å². The summed E-state index contributed by atoms with van der Waals surface area (Å²) < 4.78 is 10.9. The summed E-state index contributed by atoms with van der Waals surface area (Å²) >= 11 is 0. The summed E-state index contributed by atoms with van der Waals surface area (Å²) in [6, 6.07) is 18.9. The summed E-state index contributed by atoms with van der Waals surface area (Å²) in [5.74, 6) is 0.936. The highest BCUT2D eigenvalue weighted by molar-refractivity contribution is 5.96. The molecule has 0 N–H and O–H groups in total. The van der Waals surface area contributed by atoms with Crippen LogP contribution in [0.1, 0.15) is 16.8 Å². The van der Waals surface area contributed by atoms with Crippen LogP contribution in [0.2, 0.25) is 0 Å². The molecule has 0 amide bonds. The van der Waals surface area contributed by atoms with Gasteiger partial charge < -0.3 is 9.47 Å². The lowest BCUT2D eigenvalue weighted by atomic mass is 10.1. The first-order chi connectivity index (χ1) is 9.86. The van der Waals surface area contributed by atoms with Gasteiger partial charge in [-0.25, -0.2) is 0 Å². The highest BCUT2D eigenvalue weighted by Gasteiger charge is 2.04. The molecule has 0 aliphatic carbocycles. The predicted molar refractivity (Wildman–Crippen MR) is 78.1 cm³/mol. The van der Waals surface area contributed by atoms with Gasteiger partial charge in [0.1, 0.15) is 12.4 Å². The lowest BCUT2D eigenvalue weighted by molar-refractivity contribution is 0.0799. The van der Waals surface area contributed by atoms with Gasteiger partial charge in [-0.05, 0) is 12.1 Å². The van der Waals surface area contributed by atoms with Crippen molar-refractivity contribution in [1.29, 1.82) is 0 Å². The Hall–Kier alpha value is -2.13. The molecule has 0 aliphatic heterocycles. The first kappa shape index (κ1) is 14.3. The monoisotopic (exact) mass is 270 g/mol. The molecule has 0 saturated carbocycles. The fraction of sp³-hybridized carbons (Fsp3) is 0.235. The SMILES string of the molecule is O=C(CCOCCOc1ccccc1)c1ccccc1. The summed E-state index contributed by atoms with van der Waals surface area (Å²) in [5.41, 5.74) is 0.733. The number of Topliss-reactive ketones (excluding diaryl/α,β-unsaturated/α-hetero) is 1. The second kappa shape index (κ2) is 8.12. The van der Waals surface area contributed by atoms with E-state index in [-0.39, 0.29) is 5.78 Å². The quantitative estimate of drug-likeness (QED) is 0.545. The van der Waals surface area contributed by atoms with E-state index in [2.05, 4.69) is 0 Å². The summed E-state index contributed by atoms with van der Waals surface area (Å²) in [6.07, 6.45) is 0.398. The van der Waals surface area contributed by atoms with Crippen molar-refractivity contribution in [1.82, 2.24) is 0 Å². The molecular formula is C17H18O3. The second-order valence-electron chi connectivity index (χ2n) is 4.31. The van der Waals surface area contributed by atoms with Gasteiger partial charge in [0, 0.05) is 12.0 Å². The molecular weight excluding hydrogens is 252 g/mol. The summed E-state index contributed by atoms with van der Waals surface area (Å²) in [4.78, 5) is 11.8. The molecule has 0 bridgehead atoms. The molecule has 0 heterocycles. The molecule has 104 valence electrons. The van der Waals surface area contributed by atoms with Crippen molar-refractivity contribution in [2.75, 3.05) is 19.8 Å². The maximum Gasteiger partial charge on any atom is 0.165 e. The lowest BCUT2D eigenvalue weighted by Crippen LogP contribution is -2.10. The van der Waals surface area contributed by atoms with Crippen molar-refractivity contribution in [3.8, 4) is 5.75 Å². The molecule has 2 aromatic carbocycles. The van der Waals surface area contributed by atoms with Gasteiger partial charge in [-0.2, -0.15) is 0 Å². The number of carbonyl (C=O) groups is 1. The largest absolute Gasteiger partial charge is 0.491 e. The van der Waals surface area contributed by atoms with E-state index in [1.54, 1.807) is 0 Å². The first-order valence-corrected chi connectivity index (χ1v) is 6.70. The van der Waals surface area contributed by atoms with Crippen LogP contribution in [-0.2, 0) is 4.74 Å². The van der Waals surface area contributed by atoms with Crippen molar-refractivity contribution in [3.63, 3.8) is 0 Å². The van der Waals surface area contributed by atoms with Gasteiger partial charge in [-0.3, -0.25) is 4.79 Å². The molecule has 0 aromatic heterocycles. The minimum atomic E-state index is 0.106. The van der Waals surface area contributed by atoms with Crippen LogP contribution in [0.4, 0.5) is 0 Å². The summed E-state index contributed by atoms with van der Waals surface area (Å²) in [6.45, 7) is 1.40. The van der Waals surface area contributed by atoms with Crippen molar-refractivity contribution in [3.05, 3.63) is 66.2 Å². The number of carbonyl (C=O) groups excluding carboxylic acids is 1. The summed E-state index contributed by atoms with van der Waals surface area (Å²) in [7, 11) is 0. The predicted octanol–water partition coefficient (Wildman–Crippen LogP) is 3.36. The Kier molecular flexibility index (Phi) is 5.80. The minimum Gasteiger partial charge on any atom is -0.491 e. The Labute approximate surface area is 119 Å². The van der Waals surface area contributed by atoms with E-state index in [0.29, 0.717) is 26.2 Å². The number of hydrogen-bond donors (Lipinski definition) is 0. The third kappa shape index (κ3) is 4.86. The molecule has 3 nitrogen and oxygen atoms in total. The van der Waals surface area contributed by atoms with Gasteiger partial charge in [-0.15, -0.1) is 0 Å².